The first-order valence-corrected chi connectivity index (χ1v) is 7.43. The summed E-state index contributed by atoms with van der Waals surface area (Å²) in [5.41, 5.74) is 2.45. The van der Waals surface area contributed by atoms with Crippen molar-refractivity contribution in [3.05, 3.63) is 52.1 Å². The minimum absolute atomic E-state index is 0.290. The van der Waals surface area contributed by atoms with Gasteiger partial charge < -0.3 is 4.74 Å². The summed E-state index contributed by atoms with van der Waals surface area (Å²) in [5.74, 6) is 0.578. The van der Waals surface area contributed by atoms with Crippen LogP contribution in [0.15, 0.2) is 35.3 Å². The van der Waals surface area contributed by atoms with Gasteiger partial charge in [-0.05, 0) is 28.5 Å². The molecule has 0 saturated heterocycles. The van der Waals surface area contributed by atoms with Gasteiger partial charge in [0.1, 0.15) is 6.61 Å². The van der Waals surface area contributed by atoms with E-state index >= 15 is 0 Å². The van der Waals surface area contributed by atoms with Gasteiger partial charge in [0.05, 0.1) is 11.9 Å². The molecule has 0 radical (unpaired) electrons. The Morgan fingerprint density at radius 1 is 1.26 bits per heavy atom. The number of H-pyrrole nitrogens is 1. The fraction of sp³-hybridized carbons (Fsp3) is 0.333. The van der Waals surface area contributed by atoms with E-state index in [2.05, 4.69) is 27.5 Å². The number of tetrazole rings is 1. The lowest BCUT2D eigenvalue weighted by atomic mass is 10.0. The Morgan fingerprint density at radius 3 is 2.78 bits per heavy atom. The molecule has 1 aromatic carbocycles. The van der Waals surface area contributed by atoms with Crippen LogP contribution in [0.5, 0.6) is 5.88 Å². The van der Waals surface area contributed by atoms with Crippen molar-refractivity contribution in [1.82, 2.24) is 30.0 Å². The maximum atomic E-state index is 12.2. The average Bonchev–Trinajstić information content (AvgIpc) is 3.18. The molecule has 0 aliphatic rings. The predicted octanol–water partition coefficient (Wildman–Crippen LogP) is 1.22. The molecule has 23 heavy (non-hydrogen) atoms. The molecule has 120 valence electrons. The standard InChI is InChI=1S/C15H18N6O2/c1-3-5-11-6-4-7-13(21-15(22)20(2)18-19-21)12(11)10-23-14-8-9-16-17-14/h4,6-9H,3,5,10H2,1-2H3,(H,16,17). The SMILES string of the molecule is CCCc1cccc(-n2nnn(C)c2=O)c1COc1ccn[nH]1. The van der Waals surface area contributed by atoms with Crippen molar-refractivity contribution in [2.75, 3.05) is 0 Å². The zero-order valence-electron chi connectivity index (χ0n) is 13.1. The van der Waals surface area contributed by atoms with Crippen molar-refractivity contribution in [3.63, 3.8) is 0 Å². The highest BCUT2D eigenvalue weighted by molar-refractivity contribution is 5.45. The third kappa shape index (κ3) is 3.01. The van der Waals surface area contributed by atoms with E-state index < -0.39 is 0 Å². The second kappa shape index (κ2) is 6.47. The largest absolute Gasteiger partial charge is 0.473 e. The van der Waals surface area contributed by atoms with Crippen molar-refractivity contribution in [1.29, 1.82) is 0 Å². The number of nitrogens with one attached hydrogen (secondary N) is 1. The zero-order chi connectivity index (χ0) is 16.2. The Labute approximate surface area is 132 Å². The van der Waals surface area contributed by atoms with Gasteiger partial charge in [0, 0.05) is 18.7 Å². The molecule has 0 fully saturated rings. The Kier molecular flexibility index (Phi) is 4.22. The second-order valence-electron chi connectivity index (χ2n) is 5.17. The van der Waals surface area contributed by atoms with Crippen LogP contribution in [0.2, 0.25) is 0 Å². The molecule has 3 aromatic rings. The van der Waals surface area contributed by atoms with Gasteiger partial charge in [-0.25, -0.2) is 9.89 Å². The number of ether oxygens (including phenoxy) is 1. The Bertz CT molecular complexity index is 834. The van der Waals surface area contributed by atoms with Gasteiger partial charge in [-0.3, -0.25) is 0 Å². The lowest BCUT2D eigenvalue weighted by Gasteiger charge is -2.14. The van der Waals surface area contributed by atoms with Gasteiger partial charge in [0.15, 0.2) is 0 Å². The molecular formula is C15H18N6O2. The minimum Gasteiger partial charge on any atom is -0.473 e. The minimum atomic E-state index is -0.290. The van der Waals surface area contributed by atoms with Crippen LogP contribution in [-0.4, -0.2) is 30.0 Å². The number of rotatable bonds is 6. The van der Waals surface area contributed by atoms with Crippen molar-refractivity contribution in [2.45, 2.75) is 26.4 Å². The van der Waals surface area contributed by atoms with Crippen LogP contribution in [-0.2, 0) is 20.1 Å². The molecule has 1 N–H and O–H groups in total. The van der Waals surface area contributed by atoms with E-state index in [9.17, 15) is 4.79 Å². The van der Waals surface area contributed by atoms with Crippen LogP contribution in [0, 0.1) is 0 Å². The van der Waals surface area contributed by atoms with Gasteiger partial charge in [-0.15, -0.1) is 0 Å². The van der Waals surface area contributed by atoms with Crippen LogP contribution < -0.4 is 10.4 Å². The molecule has 0 aliphatic carbocycles. The van der Waals surface area contributed by atoms with E-state index in [-0.39, 0.29) is 5.69 Å². The van der Waals surface area contributed by atoms with Crippen molar-refractivity contribution in [3.8, 4) is 11.6 Å². The van der Waals surface area contributed by atoms with Gasteiger partial charge in [0.2, 0.25) is 5.88 Å². The lowest BCUT2D eigenvalue weighted by Crippen LogP contribution is -2.23. The topological polar surface area (TPSA) is 90.6 Å². The average molecular weight is 314 g/mol. The molecule has 2 aromatic heterocycles. The quantitative estimate of drug-likeness (QED) is 0.739. The van der Waals surface area contributed by atoms with Crippen LogP contribution in [0.3, 0.4) is 0 Å². The summed E-state index contributed by atoms with van der Waals surface area (Å²) in [7, 11) is 1.57. The van der Waals surface area contributed by atoms with Gasteiger partial charge in [-0.2, -0.15) is 14.5 Å². The van der Waals surface area contributed by atoms with E-state index in [0.29, 0.717) is 18.2 Å². The number of nitrogens with zero attached hydrogens (tertiary/aromatic N) is 5. The monoisotopic (exact) mass is 314 g/mol. The Morgan fingerprint density at radius 2 is 2.13 bits per heavy atom. The zero-order valence-corrected chi connectivity index (χ0v) is 13.1. The first-order chi connectivity index (χ1) is 11.2. The van der Waals surface area contributed by atoms with E-state index in [4.69, 9.17) is 4.74 Å². The maximum Gasteiger partial charge on any atom is 0.368 e. The van der Waals surface area contributed by atoms with Gasteiger partial charge in [-0.1, -0.05) is 25.5 Å². The highest BCUT2D eigenvalue weighted by atomic mass is 16.5. The van der Waals surface area contributed by atoms with Crippen LogP contribution in [0.4, 0.5) is 0 Å². The van der Waals surface area contributed by atoms with E-state index in [1.54, 1.807) is 19.3 Å². The van der Waals surface area contributed by atoms with Gasteiger partial charge >= 0.3 is 5.69 Å². The Hall–Kier alpha value is -2.90. The molecule has 8 nitrogen and oxygen atoms in total. The predicted molar refractivity (Wildman–Crippen MR) is 83.5 cm³/mol. The van der Waals surface area contributed by atoms with E-state index in [0.717, 1.165) is 24.0 Å². The Balaban J connectivity index is 2.02. The number of hydrogen-bond donors (Lipinski definition) is 1. The molecule has 3 rings (SSSR count). The number of aromatic amines is 1. The molecule has 0 aliphatic heterocycles. The smallest absolute Gasteiger partial charge is 0.368 e. The van der Waals surface area contributed by atoms with Gasteiger partial charge in [0.25, 0.3) is 0 Å². The molecule has 0 saturated carbocycles. The van der Waals surface area contributed by atoms with Crippen LogP contribution in [0.25, 0.3) is 5.69 Å². The van der Waals surface area contributed by atoms with Crippen molar-refractivity contribution < 1.29 is 4.74 Å². The second-order valence-corrected chi connectivity index (χ2v) is 5.17. The number of aryl methyl sites for hydroxylation is 2. The first kappa shape index (κ1) is 15.0. The highest BCUT2D eigenvalue weighted by Crippen LogP contribution is 2.21. The third-order valence-electron chi connectivity index (χ3n) is 3.56. The molecule has 2 heterocycles. The normalized spacial score (nSPS) is 10.9. The number of benzene rings is 1. The summed E-state index contributed by atoms with van der Waals surface area (Å²) in [6.45, 7) is 2.43. The molecule has 0 spiro atoms. The maximum absolute atomic E-state index is 12.2. The first-order valence-electron chi connectivity index (χ1n) is 7.43. The number of hydrogen-bond acceptors (Lipinski definition) is 5. The molecule has 0 amide bonds. The van der Waals surface area contributed by atoms with Crippen molar-refractivity contribution >= 4 is 0 Å². The molecule has 0 unspecified atom stereocenters. The summed E-state index contributed by atoms with van der Waals surface area (Å²) in [5, 5.41) is 14.3. The summed E-state index contributed by atoms with van der Waals surface area (Å²) in [4.78, 5) is 12.2. The van der Waals surface area contributed by atoms with Crippen LogP contribution in [0.1, 0.15) is 24.5 Å². The molecule has 0 bridgehead atoms. The summed E-state index contributed by atoms with van der Waals surface area (Å²) >= 11 is 0. The fourth-order valence-electron chi connectivity index (χ4n) is 2.43. The lowest BCUT2D eigenvalue weighted by molar-refractivity contribution is 0.291. The van der Waals surface area contributed by atoms with Crippen molar-refractivity contribution in [2.24, 2.45) is 7.05 Å². The molecule has 0 atom stereocenters. The summed E-state index contributed by atoms with van der Waals surface area (Å²) in [6, 6.07) is 7.55. The summed E-state index contributed by atoms with van der Waals surface area (Å²) in [6.07, 6.45) is 3.52. The van der Waals surface area contributed by atoms with E-state index in [1.807, 2.05) is 18.2 Å². The fourth-order valence-corrected chi connectivity index (χ4v) is 2.43. The number of aromatic nitrogens is 6. The molecule has 8 heteroatoms. The third-order valence-corrected chi connectivity index (χ3v) is 3.56. The van der Waals surface area contributed by atoms with E-state index in [1.165, 1.54) is 9.36 Å². The summed E-state index contributed by atoms with van der Waals surface area (Å²) < 4.78 is 8.24. The molecular weight excluding hydrogens is 296 g/mol. The van der Waals surface area contributed by atoms with Crippen LogP contribution >= 0.6 is 0 Å². The highest BCUT2D eigenvalue weighted by Gasteiger charge is 2.15.